The van der Waals surface area contributed by atoms with Gasteiger partial charge in [-0.3, -0.25) is 29.9 Å². The summed E-state index contributed by atoms with van der Waals surface area (Å²) in [5, 5.41) is 58.2. The number of aromatic nitrogens is 33. The van der Waals surface area contributed by atoms with Crippen molar-refractivity contribution in [2.24, 2.45) is 0 Å². The van der Waals surface area contributed by atoms with Crippen LogP contribution in [-0.4, -0.2) is 167 Å². The van der Waals surface area contributed by atoms with Crippen molar-refractivity contribution in [2.75, 3.05) is 0 Å². The molecule has 0 aliphatic rings. The van der Waals surface area contributed by atoms with Crippen LogP contribution in [0.15, 0.2) is 198 Å². The molecule has 0 aromatic carbocycles. The lowest BCUT2D eigenvalue weighted by molar-refractivity contribution is 0.686. The van der Waals surface area contributed by atoms with Gasteiger partial charge in [0.15, 0.2) is 30.1 Å². The van der Waals surface area contributed by atoms with Gasteiger partial charge in [-0.05, 0) is 94.3 Å². The van der Waals surface area contributed by atoms with Crippen molar-refractivity contribution in [1.29, 1.82) is 0 Å². The zero-order valence-corrected chi connectivity index (χ0v) is 73.2. The van der Waals surface area contributed by atoms with Crippen LogP contribution in [0.3, 0.4) is 0 Å². The minimum Gasteiger partial charge on any atom is -0.261 e. The lowest BCUT2D eigenvalue weighted by atomic mass is 10.1. The highest BCUT2D eigenvalue weighted by Gasteiger charge is 2.06. The Morgan fingerprint density at radius 3 is 0.726 bits per heavy atom. The van der Waals surface area contributed by atoms with Crippen molar-refractivity contribution < 1.29 is 0 Å². The Bertz CT molecular complexity index is 3260. The fraction of sp³-hybridized carbons (Fsp3) is 0.464. The molecule has 0 bridgehead atoms. The number of nitrogens with zero attached hydrogens (tertiary/aromatic N) is 33. The second-order valence-corrected chi connectivity index (χ2v) is 28.9. The van der Waals surface area contributed by atoms with Crippen LogP contribution in [0.2, 0.25) is 0 Å². The first-order chi connectivity index (χ1) is 56.0. The van der Waals surface area contributed by atoms with Crippen LogP contribution in [0.1, 0.15) is 332 Å². The lowest BCUT2D eigenvalue weighted by Crippen LogP contribution is -1.99. The Hall–Kier alpha value is -12.4. The summed E-state index contributed by atoms with van der Waals surface area (Å²) in [6, 6.07) is 17.6. The molecule has 0 spiro atoms. The van der Waals surface area contributed by atoms with Crippen molar-refractivity contribution in [3.8, 4) is 0 Å². The number of hydrogen-bond donors (Lipinski definition) is 0. The predicted molar refractivity (Wildman–Crippen MR) is 454 cm³/mol. The molecular weight excluding hydrogens is 1470 g/mol. The maximum Gasteiger partial charge on any atom is 0.176 e. The van der Waals surface area contributed by atoms with Crippen LogP contribution in [0.4, 0.5) is 0 Å². The highest BCUT2D eigenvalue weighted by atomic mass is 15.4. The van der Waals surface area contributed by atoms with Crippen molar-refractivity contribution in [3.05, 3.63) is 273 Å². The van der Waals surface area contributed by atoms with Crippen molar-refractivity contribution >= 4 is 0 Å². The third-order valence-electron chi connectivity index (χ3n) is 14.4. The van der Waals surface area contributed by atoms with Crippen LogP contribution in [-0.2, 0) is 0 Å². The van der Waals surface area contributed by atoms with E-state index in [1.165, 1.54) is 31.6 Å². The zero-order chi connectivity index (χ0) is 87.0. The topological polar surface area (TPSA) is 425 Å². The van der Waals surface area contributed by atoms with Gasteiger partial charge in [-0.2, -0.15) is 10.2 Å². The summed E-state index contributed by atoms with van der Waals surface area (Å²) in [4.78, 5) is 68.3. The summed E-state index contributed by atoms with van der Waals surface area (Å²) in [5.74, 6) is 10.5. The molecule has 0 saturated carbocycles. The quantitative estimate of drug-likeness (QED) is 0.103. The molecule has 33 nitrogen and oxygen atoms in total. The Morgan fingerprint density at radius 2 is 0.496 bits per heavy atom. The Balaban J connectivity index is 0.000000634. The monoisotopic (exact) mass is 1590 g/mol. The SMILES string of the molecule is CC(C)c1ccccn1.CC(C)c1ccccn1.CC(C)c1ccncn1.CC(C)c1cnccn1.CC(C)c1cnccn1.CC(C)c1cnncn1.CC(C)c1cnnnn1.CC(C)c1ncccn1.CC(C)c1ncccn1.CC(C)c1nccnn1.CC(C)c1ncncn1.CC(C)c1nncnn1.CC(C)c1nncnn1. The molecule has 0 aliphatic heterocycles. The van der Waals surface area contributed by atoms with E-state index in [4.69, 9.17) is 0 Å². The highest BCUT2D eigenvalue weighted by Crippen LogP contribution is 2.14. The van der Waals surface area contributed by atoms with Crippen LogP contribution in [0.25, 0.3) is 0 Å². The molecule has 0 N–H and O–H groups in total. The van der Waals surface area contributed by atoms with Gasteiger partial charge in [-0.25, -0.2) is 54.8 Å². The smallest absolute Gasteiger partial charge is 0.176 e. The summed E-state index contributed by atoms with van der Waals surface area (Å²) >= 11 is 0. The fourth-order valence-corrected chi connectivity index (χ4v) is 7.49. The molecule has 13 rings (SSSR count). The molecule has 13 aromatic rings. The standard InChI is InChI=1S/2C8H11N.5C7H10N2.3C6H9N3.3C5H8N4/c2*1-7(2)8-5-3-4-6-9-8;2*1-6(2)7-5-8-3-4-9-7;1-6(2)7-3-4-8-5-9-7;2*1-6(2)7-8-4-3-5-9-7;1-5(2)6-8-3-7-4-9-6;1-5(2)6-3-8-9-4-7-6;1-5(2)6-7-3-4-8-9-6;2*1-4(2)5-8-6-3-7-9-5;1-4(2)5-3-6-8-9-7-5/h2*3-7H,1-2H3;5*3-6H,1-2H3;3*3-5H,1-2H3;3*3-4H,1-2H3. The van der Waals surface area contributed by atoms with Crippen LogP contribution in [0, 0.1) is 0 Å². The molecule has 624 valence electrons. The molecule has 13 heterocycles. The minimum atomic E-state index is 0.311. The maximum absolute atomic E-state index is 4.18. The van der Waals surface area contributed by atoms with E-state index in [-0.39, 0.29) is 0 Å². The van der Waals surface area contributed by atoms with Gasteiger partial charge in [0.25, 0.3) is 0 Å². The Morgan fingerprint density at radius 1 is 0.162 bits per heavy atom. The molecular formula is C84H123N33. The molecule has 0 radical (unpaired) electrons. The first-order valence-electron chi connectivity index (χ1n) is 39.0. The summed E-state index contributed by atoms with van der Waals surface area (Å²) in [6.07, 6.45) is 38.2. The van der Waals surface area contributed by atoms with Gasteiger partial charge in [0.05, 0.1) is 41.4 Å². The van der Waals surface area contributed by atoms with E-state index >= 15 is 0 Å². The van der Waals surface area contributed by atoms with Crippen LogP contribution in [0.5, 0.6) is 0 Å². The Kier molecular flexibility index (Phi) is 56.0. The van der Waals surface area contributed by atoms with E-state index in [0.29, 0.717) is 88.6 Å². The average Bonchev–Trinajstić information content (AvgIpc) is 1.12. The van der Waals surface area contributed by atoms with Gasteiger partial charge in [-0.15, -0.1) is 61.2 Å². The van der Waals surface area contributed by atoms with E-state index in [9.17, 15) is 0 Å². The Labute approximate surface area is 692 Å². The van der Waals surface area contributed by atoms with Crippen molar-refractivity contribution in [3.63, 3.8) is 0 Å². The molecule has 0 unspecified atom stereocenters. The third-order valence-corrected chi connectivity index (χ3v) is 14.4. The molecule has 0 atom stereocenters. The average molecular weight is 1600 g/mol. The summed E-state index contributed by atoms with van der Waals surface area (Å²) in [7, 11) is 0. The van der Waals surface area contributed by atoms with E-state index in [2.05, 4.69) is 291 Å². The van der Waals surface area contributed by atoms with Gasteiger partial charge in [0, 0.05) is 139 Å². The normalized spacial score (nSPS) is 10.1. The zero-order valence-electron chi connectivity index (χ0n) is 73.2. The van der Waals surface area contributed by atoms with E-state index < -0.39 is 0 Å². The maximum atomic E-state index is 4.18. The first-order valence-corrected chi connectivity index (χ1v) is 39.0. The number of pyridine rings is 2. The van der Waals surface area contributed by atoms with Crippen LogP contribution >= 0.6 is 0 Å². The first kappa shape index (κ1) is 103. The third kappa shape index (κ3) is 51.8. The highest BCUT2D eigenvalue weighted by molar-refractivity contribution is 5.09. The summed E-state index contributed by atoms with van der Waals surface area (Å²) < 4.78 is 0. The minimum absolute atomic E-state index is 0.311. The fourth-order valence-electron chi connectivity index (χ4n) is 7.49. The molecule has 33 heteroatoms. The molecule has 0 amide bonds. The predicted octanol–water partition coefficient (Wildman–Crippen LogP) is 16.6. The molecule has 13 aromatic heterocycles. The molecule has 0 saturated heterocycles. The second-order valence-electron chi connectivity index (χ2n) is 28.9. The van der Waals surface area contributed by atoms with Gasteiger partial charge in [-0.1, -0.05) is 192 Å². The largest absolute Gasteiger partial charge is 0.261 e. The van der Waals surface area contributed by atoms with E-state index in [1.54, 1.807) is 99.3 Å². The second kappa shape index (κ2) is 63.9. The van der Waals surface area contributed by atoms with Gasteiger partial charge < -0.3 is 0 Å². The number of hydrogen-bond acceptors (Lipinski definition) is 33. The summed E-state index contributed by atoms with van der Waals surface area (Å²) in [6.45, 7) is 53.9. The lowest BCUT2D eigenvalue weighted by Gasteiger charge is -2.00. The van der Waals surface area contributed by atoms with Crippen LogP contribution < -0.4 is 0 Å². The molecule has 0 fully saturated rings. The van der Waals surface area contributed by atoms with Gasteiger partial charge in [0.2, 0.25) is 0 Å². The summed E-state index contributed by atoms with van der Waals surface area (Å²) in [5.41, 5.74) is 7.41. The van der Waals surface area contributed by atoms with E-state index in [1.807, 2.05) is 122 Å². The van der Waals surface area contributed by atoms with Gasteiger partial charge >= 0.3 is 0 Å². The van der Waals surface area contributed by atoms with Gasteiger partial charge in [0.1, 0.15) is 42.8 Å². The van der Waals surface area contributed by atoms with E-state index in [0.717, 1.165) is 63.2 Å². The van der Waals surface area contributed by atoms with Crippen molar-refractivity contribution in [1.82, 2.24) is 167 Å². The van der Waals surface area contributed by atoms with Crippen molar-refractivity contribution in [2.45, 2.75) is 257 Å². The molecule has 0 aliphatic carbocycles. The molecule has 117 heavy (non-hydrogen) atoms. The number of rotatable bonds is 13.